The van der Waals surface area contributed by atoms with E-state index in [0.717, 1.165) is 36.0 Å². The Bertz CT molecular complexity index is 662. The van der Waals surface area contributed by atoms with Crippen molar-refractivity contribution in [2.45, 2.75) is 25.8 Å². The Hall–Kier alpha value is -1.88. The number of nitrogens with zero attached hydrogens (tertiary/aromatic N) is 1. The summed E-state index contributed by atoms with van der Waals surface area (Å²) in [6.07, 6.45) is 2.63. The molecular weight excluding hydrogens is 283 g/mol. The molecule has 0 saturated carbocycles. The first-order chi connectivity index (χ1) is 10.6. The van der Waals surface area contributed by atoms with E-state index in [-0.39, 0.29) is 11.7 Å². The highest BCUT2D eigenvalue weighted by Gasteiger charge is 2.20. The molecule has 1 aromatic carbocycles. The van der Waals surface area contributed by atoms with E-state index in [2.05, 4.69) is 4.98 Å². The van der Waals surface area contributed by atoms with Gasteiger partial charge in [-0.25, -0.2) is 4.39 Å². The largest absolute Gasteiger partial charge is 0.381 e. The van der Waals surface area contributed by atoms with Crippen LogP contribution in [0.1, 0.15) is 25.0 Å². The Morgan fingerprint density at radius 1 is 1.45 bits per heavy atom. The molecule has 1 aliphatic rings. The van der Waals surface area contributed by atoms with Crippen molar-refractivity contribution >= 4 is 16.8 Å². The molecule has 1 aliphatic heterocycles. The predicted octanol–water partition coefficient (Wildman–Crippen LogP) is 3.08. The molecule has 1 fully saturated rings. The fourth-order valence-corrected chi connectivity index (χ4v) is 2.96. The summed E-state index contributed by atoms with van der Waals surface area (Å²) in [5.41, 5.74) is 1.80. The molecule has 0 radical (unpaired) electrons. The number of aromatic nitrogens is 1. The average molecular weight is 304 g/mol. The molecule has 22 heavy (non-hydrogen) atoms. The van der Waals surface area contributed by atoms with Crippen LogP contribution in [0.5, 0.6) is 0 Å². The van der Waals surface area contributed by atoms with Crippen LogP contribution in [0.4, 0.5) is 4.39 Å². The smallest absolute Gasteiger partial charge is 0.223 e. The Morgan fingerprint density at radius 3 is 3.09 bits per heavy atom. The predicted molar refractivity (Wildman–Crippen MR) is 82.9 cm³/mol. The number of rotatable bonds is 4. The van der Waals surface area contributed by atoms with Crippen LogP contribution in [0.25, 0.3) is 10.9 Å². The average Bonchev–Trinajstić information content (AvgIpc) is 2.89. The standard InChI is InChI=1S/C17H21FN2O2/c1-20(17(21)7-12-3-2-6-22-11-12)10-15-9-13-8-14(18)4-5-16(13)19-15/h4-5,8-9,12,19H,2-3,6-7,10-11H2,1H3. The Balaban J connectivity index is 1.61. The highest BCUT2D eigenvalue weighted by Crippen LogP contribution is 2.20. The van der Waals surface area contributed by atoms with Crippen molar-refractivity contribution in [1.29, 1.82) is 0 Å². The lowest BCUT2D eigenvalue weighted by molar-refractivity contribution is -0.132. The zero-order valence-corrected chi connectivity index (χ0v) is 12.8. The summed E-state index contributed by atoms with van der Waals surface area (Å²) in [4.78, 5) is 17.2. The van der Waals surface area contributed by atoms with Crippen molar-refractivity contribution in [3.63, 3.8) is 0 Å². The van der Waals surface area contributed by atoms with E-state index in [9.17, 15) is 9.18 Å². The molecule has 1 saturated heterocycles. The Morgan fingerprint density at radius 2 is 2.32 bits per heavy atom. The van der Waals surface area contributed by atoms with Gasteiger partial charge >= 0.3 is 0 Å². The number of fused-ring (bicyclic) bond motifs is 1. The molecule has 5 heteroatoms. The minimum absolute atomic E-state index is 0.125. The third-order valence-corrected chi connectivity index (χ3v) is 4.19. The van der Waals surface area contributed by atoms with Gasteiger partial charge in [0, 0.05) is 43.3 Å². The van der Waals surface area contributed by atoms with Crippen LogP contribution in [0.15, 0.2) is 24.3 Å². The molecule has 1 unspecified atom stereocenters. The topological polar surface area (TPSA) is 45.3 Å². The summed E-state index contributed by atoms with van der Waals surface area (Å²) in [5.74, 6) is 0.209. The monoisotopic (exact) mass is 304 g/mol. The van der Waals surface area contributed by atoms with Crippen molar-refractivity contribution in [1.82, 2.24) is 9.88 Å². The summed E-state index contributed by atoms with van der Waals surface area (Å²) < 4.78 is 18.6. The molecule has 118 valence electrons. The quantitative estimate of drug-likeness (QED) is 0.943. The minimum Gasteiger partial charge on any atom is -0.381 e. The maximum atomic E-state index is 13.2. The maximum absolute atomic E-state index is 13.2. The number of carbonyl (C=O) groups is 1. The van der Waals surface area contributed by atoms with Crippen LogP contribution in [0.2, 0.25) is 0 Å². The van der Waals surface area contributed by atoms with Gasteiger partial charge in [0.2, 0.25) is 5.91 Å². The first-order valence-corrected chi connectivity index (χ1v) is 7.70. The fourth-order valence-electron chi connectivity index (χ4n) is 2.96. The third-order valence-electron chi connectivity index (χ3n) is 4.19. The van der Waals surface area contributed by atoms with E-state index in [1.54, 1.807) is 18.0 Å². The normalized spacial score (nSPS) is 18.5. The van der Waals surface area contributed by atoms with E-state index in [0.29, 0.717) is 25.5 Å². The molecule has 0 spiro atoms. The van der Waals surface area contributed by atoms with Crippen LogP contribution in [-0.4, -0.2) is 36.1 Å². The van der Waals surface area contributed by atoms with Gasteiger partial charge in [-0.1, -0.05) is 0 Å². The fraction of sp³-hybridized carbons (Fsp3) is 0.471. The summed E-state index contributed by atoms with van der Waals surface area (Å²) in [5, 5.41) is 0.830. The number of H-pyrrole nitrogens is 1. The number of benzene rings is 1. The van der Waals surface area contributed by atoms with E-state index in [4.69, 9.17) is 4.74 Å². The van der Waals surface area contributed by atoms with Crippen LogP contribution >= 0.6 is 0 Å². The molecule has 2 heterocycles. The van der Waals surface area contributed by atoms with Crippen molar-refractivity contribution < 1.29 is 13.9 Å². The van der Waals surface area contributed by atoms with Gasteiger partial charge in [-0.2, -0.15) is 0 Å². The second-order valence-corrected chi connectivity index (χ2v) is 6.06. The first-order valence-electron chi connectivity index (χ1n) is 7.70. The molecule has 2 aromatic rings. The molecule has 0 aliphatic carbocycles. The number of aromatic amines is 1. The SMILES string of the molecule is CN(Cc1cc2cc(F)ccc2[nH]1)C(=O)CC1CCCOC1. The van der Waals surface area contributed by atoms with Crippen LogP contribution in [0.3, 0.4) is 0 Å². The second-order valence-electron chi connectivity index (χ2n) is 6.06. The third kappa shape index (κ3) is 3.47. The van der Waals surface area contributed by atoms with Gasteiger partial charge in [-0.3, -0.25) is 4.79 Å². The van der Waals surface area contributed by atoms with Crippen molar-refractivity contribution in [2.75, 3.05) is 20.3 Å². The lowest BCUT2D eigenvalue weighted by Crippen LogP contribution is -2.30. The van der Waals surface area contributed by atoms with Crippen LogP contribution < -0.4 is 0 Å². The number of halogens is 1. The molecular formula is C17H21FN2O2. The molecule has 0 bridgehead atoms. The second kappa shape index (κ2) is 6.48. The van der Waals surface area contributed by atoms with Crippen molar-refractivity contribution in [2.24, 2.45) is 5.92 Å². The van der Waals surface area contributed by atoms with Gasteiger partial charge in [-0.05, 0) is 43.0 Å². The lowest BCUT2D eigenvalue weighted by atomic mass is 9.98. The van der Waals surface area contributed by atoms with Crippen LogP contribution in [0, 0.1) is 11.7 Å². The molecule has 1 atom stereocenters. The van der Waals surface area contributed by atoms with Crippen molar-refractivity contribution in [3.05, 3.63) is 35.8 Å². The van der Waals surface area contributed by atoms with Crippen molar-refractivity contribution in [3.8, 4) is 0 Å². The number of ether oxygens (including phenoxy) is 1. The first kappa shape index (κ1) is 15.0. The van der Waals surface area contributed by atoms with E-state index in [1.165, 1.54) is 12.1 Å². The minimum atomic E-state index is -0.250. The Kier molecular flexibility index (Phi) is 4.43. The maximum Gasteiger partial charge on any atom is 0.223 e. The summed E-state index contributed by atoms with van der Waals surface area (Å²) in [6.45, 7) is 2.00. The van der Waals surface area contributed by atoms with Gasteiger partial charge in [0.15, 0.2) is 0 Å². The highest BCUT2D eigenvalue weighted by molar-refractivity contribution is 5.81. The molecule has 1 N–H and O–H groups in total. The number of amides is 1. The van der Waals surface area contributed by atoms with E-state index < -0.39 is 0 Å². The number of hydrogen-bond donors (Lipinski definition) is 1. The van der Waals surface area contributed by atoms with Crippen LogP contribution in [-0.2, 0) is 16.1 Å². The zero-order valence-electron chi connectivity index (χ0n) is 12.8. The van der Waals surface area contributed by atoms with Gasteiger partial charge in [0.05, 0.1) is 6.54 Å². The summed E-state index contributed by atoms with van der Waals surface area (Å²) >= 11 is 0. The number of nitrogens with one attached hydrogen (secondary N) is 1. The summed E-state index contributed by atoms with van der Waals surface area (Å²) in [6, 6.07) is 6.54. The number of hydrogen-bond acceptors (Lipinski definition) is 2. The Labute approximate surface area is 129 Å². The highest BCUT2D eigenvalue weighted by atomic mass is 19.1. The van der Waals surface area contributed by atoms with Gasteiger partial charge in [0.25, 0.3) is 0 Å². The van der Waals surface area contributed by atoms with Gasteiger partial charge < -0.3 is 14.6 Å². The zero-order chi connectivity index (χ0) is 15.5. The lowest BCUT2D eigenvalue weighted by Gasteiger charge is -2.24. The number of carbonyl (C=O) groups excluding carboxylic acids is 1. The molecule has 1 amide bonds. The van der Waals surface area contributed by atoms with E-state index in [1.807, 2.05) is 6.07 Å². The molecule has 1 aromatic heterocycles. The van der Waals surface area contributed by atoms with Gasteiger partial charge in [0.1, 0.15) is 5.82 Å². The summed E-state index contributed by atoms with van der Waals surface area (Å²) in [7, 11) is 1.80. The van der Waals surface area contributed by atoms with Gasteiger partial charge in [-0.15, -0.1) is 0 Å². The molecule has 4 nitrogen and oxygen atoms in total. The van der Waals surface area contributed by atoms with E-state index >= 15 is 0 Å². The molecule has 3 rings (SSSR count).